The van der Waals surface area contributed by atoms with Crippen molar-refractivity contribution in [1.29, 1.82) is 0 Å². The van der Waals surface area contributed by atoms with Crippen LogP contribution in [0.1, 0.15) is 31.2 Å². The van der Waals surface area contributed by atoms with E-state index in [-0.39, 0.29) is 36.4 Å². The van der Waals surface area contributed by atoms with Gasteiger partial charge in [-0.3, -0.25) is 4.79 Å². The minimum Gasteiger partial charge on any atom is -0.383 e. The summed E-state index contributed by atoms with van der Waals surface area (Å²) in [6.07, 6.45) is 0. The Bertz CT molecular complexity index is 751. The van der Waals surface area contributed by atoms with Crippen LogP contribution in [0.4, 0.5) is 0 Å². The zero-order chi connectivity index (χ0) is 20.4. The van der Waals surface area contributed by atoms with E-state index >= 15 is 0 Å². The van der Waals surface area contributed by atoms with Gasteiger partial charge in [-0.15, -0.1) is 35.3 Å². The van der Waals surface area contributed by atoms with Crippen molar-refractivity contribution in [2.75, 3.05) is 26.2 Å². The quantitative estimate of drug-likeness (QED) is 0.265. The molecule has 0 saturated heterocycles. The molecule has 2 aromatic rings. The Balaban J connectivity index is 0.00000420. The molecule has 0 bridgehead atoms. The number of amides is 1. The summed E-state index contributed by atoms with van der Waals surface area (Å²) >= 11 is 1.51. The molecule has 29 heavy (non-hydrogen) atoms. The molecule has 1 heterocycles. The van der Waals surface area contributed by atoms with Gasteiger partial charge >= 0.3 is 0 Å². The number of halogens is 1. The van der Waals surface area contributed by atoms with Gasteiger partial charge in [-0.25, -0.2) is 4.99 Å². The van der Waals surface area contributed by atoms with Gasteiger partial charge in [0.25, 0.3) is 0 Å². The van der Waals surface area contributed by atoms with Gasteiger partial charge < -0.3 is 20.6 Å². The highest BCUT2D eigenvalue weighted by atomic mass is 127. The Hall–Kier alpha value is -1.65. The first-order valence-electron chi connectivity index (χ1n) is 9.56. The fourth-order valence-electron chi connectivity index (χ4n) is 2.70. The summed E-state index contributed by atoms with van der Waals surface area (Å²) in [6, 6.07) is 13.7. The first-order valence-corrected chi connectivity index (χ1v) is 10.4. The van der Waals surface area contributed by atoms with Crippen LogP contribution in [0.3, 0.4) is 0 Å². The predicted molar refractivity (Wildman–Crippen MR) is 131 cm³/mol. The largest absolute Gasteiger partial charge is 0.383 e. The second-order valence-electron chi connectivity index (χ2n) is 6.69. The number of guanidine groups is 1. The number of hydrogen-bond acceptors (Lipinski definition) is 4. The van der Waals surface area contributed by atoms with E-state index < -0.39 is 5.60 Å². The van der Waals surface area contributed by atoms with Crippen molar-refractivity contribution < 1.29 is 9.90 Å². The van der Waals surface area contributed by atoms with Gasteiger partial charge in [-0.1, -0.05) is 36.4 Å². The van der Waals surface area contributed by atoms with E-state index in [1.165, 1.54) is 11.3 Å². The van der Waals surface area contributed by atoms with Crippen LogP contribution in [-0.4, -0.2) is 48.1 Å². The summed E-state index contributed by atoms with van der Waals surface area (Å²) in [4.78, 5) is 19.7. The average Bonchev–Trinajstić information content (AvgIpc) is 3.24. The second-order valence-corrected chi connectivity index (χ2v) is 7.64. The molecule has 0 aliphatic carbocycles. The molecule has 0 spiro atoms. The summed E-state index contributed by atoms with van der Waals surface area (Å²) in [5, 5.41) is 18.8. The number of rotatable bonds is 9. The van der Waals surface area contributed by atoms with Crippen LogP contribution in [0.5, 0.6) is 0 Å². The van der Waals surface area contributed by atoms with Crippen LogP contribution in [0.2, 0.25) is 0 Å². The maximum atomic E-state index is 12.6. The summed E-state index contributed by atoms with van der Waals surface area (Å²) in [5.41, 5.74) is 0.0932. The lowest BCUT2D eigenvalue weighted by Gasteiger charge is -2.24. The van der Waals surface area contributed by atoms with Crippen molar-refractivity contribution >= 4 is 47.2 Å². The number of aliphatic imine (C=N–C) groups is 1. The molecule has 0 saturated carbocycles. The summed E-state index contributed by atoms with van der Waals surface area (Å²) < 4.78 is 0. The molecule has 1 unspecified atom stereocenters. The summed E-state index contributed by atoms with van der Waals surface area (Å²) in [6.45, 7) is 7.91. The number of aliphatic hydroxyl groups is 1. The van der Waals surface area contributed by atoms with Crippen molar-refractivity contribution in [2.24, 2.45) is 4.99 Å². The van der Waals surface area contributed by atoms with Gasteiger partial charge in [0, 0.05) is 24.5 Å². The topological polar surface area (TPSA) is 77.0 Å². The van der Waals surface area contributed by atoms with Crippen LogP contribution in [0.15, 0.2) is 52.8 Å². The van der Waals surface area contributed by atoms with Crippen molar-refractivity contribution in [3.63, 3.8) is 0 Å². The Labute approximate surface area is 194 Å². The number of nitrogens with zero attached hydrogens (tertiary/aromatic N) is 2. The second kappa shape index (κ2) is 12.8. The minimum absolute atomic E-state index is 0. The molecule has 2 rings (SSSR count). The van der Waals surface area contributed by atoms with Gasteiger partial charge in [0.15, 0.2) is 5.96 Å². The number of hydrogen-bond donors (Lipinski definition) is 3. The van der Waals surface area contributed by atoms with Crippen LogP contribution >= 0.6 is 35.3 Å². The van der Waals surface area contributed by atoms with Crippen LogP contribution in [0.25, 0.3) is 0 Å². The van der Waals surface area contributed by atoms with Gasteiger partial charge in [0.1, 0.15) is 12.1 Å². The number of nitrogens with one attached hydrogen (secondary N) is 2. The zero-order valence-electron chi connectivity index (χ0n) is 17.2. The molecule has 160 valence electrons. The normalized spacial score (nSPS) is 13.2. The Morgan fingerprint density at radius 2 is 1.90 bits per heavy atom. The molecule has 6 nitrogen and oxygen atoms in total. The smallest absolute Gasteiger partial charge is 0.244 e. The van der Waals surface area contributed by atoms with E-state index in [9.17, 15) is 9.90 Å². The molecule has 8 heteroatoms. The van der Waals surface area contributed by atoms with Gasteiger partial charge in [-0.2, -0.15) is 0 Å². The van der Waals surface area contributed by atoms with Gasteiger partial charge in [0.2, 0.25) is 5.91 Å². The van der Waals surface area contributed by atoms with Gasteiger partial charge in [-0.05, 0) is 37.8 Å². The van der Waals surface area contributed by atoms with Crippen molar-refractivity contribution in [1.82, 2.24) is 15.5 Å². The third-order valence-corrected chi connectivity index (χ3v) is 5.44. The SMILES string of the molecule is CCNC(=NCC(=O)N(CC)Cc1ccccc1)NCC(C)(O)c1cccs1.I. The molecule has 3 N–H and O–H groups in total. The highest BCUT2D eigenvalue weighted by Gasteiger charge is 2.24. The highest BCUT2D eigenvalue weighted by Crippen LogP contribution is 2.24. The van der Waals surface area contributed by atoms with Gasteiger partial charge in [0.05, 0.1) is 6.54 Å². The Kier molecular flexibility index (Phi) is 11.2. The molecule has 1 aromatic carbocycles. The van der Waals surface area contributed by atoms with Crippen molar-refractivity contribution in [3.8, 4) is 0 Å². The van der Waals surface area contributed by atoms with E-state index in [2.05, 4.69) is 15.6 Å². The van der Waals surface area contributed by atoms with E-state index in [0.717, 1.165) is 10.4 Å². The average molecular weight is 530 g/mol. The molecular weight excluding hydrogens is 499 g/mol. The number of carbonyl (C=O) groups excluding carboxylic acids is 1. The fraction of sp³-hybridized carbons (Fsp3) is 0.429. The third kappa shape index (κ3) is 8.31. The first-order chi connectivity index (χ1) is 13.5. The van der Waals surface area contributed by atoms with Crippen molar-refractivity contribution in [3.05, 3.63) is 58.3 Å². The number of likely N-dealkylation sites (N-methyl/N-ethyl adjacent to an activating group) is 1. The van der Waals surface area contributed by atoms with E-state index in [1.54, 1.807) is 11.8 Å². The van der Waals surface area contributed by atoms with E-state index in [0.29, 0.717) is 32.1 Å². The monoisotopic (exact) mass is 530 g/mol. The van der Waals surface area contributed by atoms with E-state index in [1.807, 2.05) is 61.7 Å². The minimum atomic E-state index is -1.00. The molecule has 1 atom stereocenters. The number of benzene rings is 1. The summed E-state index contributed by atoms with van der Waals surface area (Å²) in [5.74, 6) is 0.483. The molecule has 0 aliphatic heterocycles. The number of carbonyl (C=O) groups is 1. The first kappa shape index (κ1) is 25.4. The zero-order valence-corrected chi connectivity index (χ0v) is 20.4. The molecule has 1 amide bonds. The molecule has 0 radical (unpaired) electrons. The maximum Gasteiger partial charge on any atom is 0.244 e. The van der Waals surface area contributed by atoms with Crippen LogP contribution in [0, 0.1) is 0 Å². The van der Waals surface area contributed by atoms with E-state index in [4.69, 9.17) is 0 Å². The standard InChI is InChI=1S/C21H30N4O2S.HI/c1-4-22-20(24-16-21(3,27)18-12-9-13-28-18)23-14-19(26)25(5-2)15-17-10-7-6-8-11-17;/h6-13,27H,4-5,14-16H2,1-3H3,(H2,22,23,24);1H. The Morgan fingerprint density at radius 1 is 1.17 bits per heavy atom. The molecule has 1 aromatic heterocycles. The van der Waals surface area contributed by atoms with Crippen LogP contribution in [-0.2, 0) is 16.9 Å². The maximum absolute atomic E-state index is 12.6. The van der Waals surface area contributed by atoms with Crippen molar-refractivity contribution in [2.45, 2.75) is 32.9 Å². The Morgan fingerprint density at radius 3 is 2.48 bits per heavy atom. The third-order valence-electron chi connectivity index (χ3n) is 4.32. The lowest BCUT2D eigenvalue weighted by atomic mass is 10.1. The lowest BCUT2D eigenvalue weighted by molar-refractivity contribution is -0.130. The summed E-state index contributed by atoms with van der Waals surface area (Å²) in [7, 11) is 0. The fourth-order valence-corrected chi connectivity index (χ4v) is 3.48. The number of thiophene rings is 1. The van der Waals surface area contributed by atoms with Crippen LogP contribution < -0.4 is 10.6 Å². The molecular formula is C21H31IN4O2S. The predicted octanol–water partition coefficient (Wildman–Crippen LogP) is 3.18. The lowest BCUT2D eigenvalue weighted by Crippen LogP contribution is -2.45. The molecule has 0 fully saturated rings. The molecule has 0 aliphatic rings. The highest BCUT2D eigenvalue weighted by molar-refractivity contribution is 14.0.